The molecule has 1 aromatic carbocycles. The van der Waals surface area contributed by atoms with Crippen molar-refractivity contribution in [2.45, 2.75) is 65.1 Å². The van der Waals surface area contributed by atoms with Gasteiger partial charge in [0.15, 0.2) is 0 Å². The van der Waals surface area contributed by atoms with Crippen molar-refractivity contribution in [2.75, 3.05) is 11.9 Å². The Bertz CT molecular complexity index is 801. The molecule has 2 aromatic rings. The van der Waals surface area contributed by atoms with Gasteiger partial charge in [0.25, 0.3) is 5.91 Å². The van der Waals surface area contributed by atoms with Crippen LogP contribution in [0.5, 0.6) is 5.75 Å². The Labute approximate surface area is 161 Å². The molecule has 1 amide bonds. The van der Waals surface area contributed by atoms with Crippen molar-refractivity contribution in [1.29, 1.82) is 0 Å². The van der Waals surface area contributed by atoms with E-state index in [2.05, 4.69) is 17.2 Å². The van der Waals surface area contributed by atoms with Crippen molar-refractivity contribution in [2.24, 2.45) is 5.92 Å². The van der Waals surface area contributed by atoms with Crippen molar-refractivity contribution < 1.29 is 14.3 Å². The molecule has 1 aliphatic carbocycles. The molecule has 1 N–H and O–H groups in total. The maximum Gasteiger partial charge on any atom is 0.256 e. The summed E-state index contributed by atoms with van der Waals surface area (Å²) in [6, 6.07) is 7.60. The summed E-state index contributed by atoms with van der Waals surface area (Å²) in [7, 11) is 0. The molecule has 0 unspecified atom stereocenters. The van der Waals surface area contributed by atoms with Crippen LogP contribution in [-0.2, 0) is 9.53 Å². The van der Waals surface area contributed by atoms with Crippen molar-refractivity contribution in [1.82, 2.24) is 4.98 Å². The number of fused-ring (bicyclic) bond motifs is 1. The number of hydrogen-bond donors (Lipinski definition) is 1. The van der Waals surface area contributed by atoms with E-state index in [1.165, 1.54) is 0 Å². The van der Waals surface area contributed by atoms with Crippen LogP contribution in [0.4, 0.5) is 5.69 Å². The molecule has 5 heteroatoms. The number of ether oxygens (including phenoxy) is 2. The van der Waals surface area contributed by atoms with E-state index in [9.17, 15) is 4.79 Å². The number of pyridine rings is 1. The SMILES string of the molecule is CCO[C@@]1(C(=O)Nc2ccc(OC(C)C)c3ncccc23)CCC[C@H](C)C1. The molecule has 1 heterocycles. The number of nitrogens with one attached hydrogen (secondary N) is 1. The van der Waals surface area contributed by atoms with Gasteiger partial charge < -0.3 is 14.8 Å². The molecular formula is C22H30N2O3. The summed E-state index contributed by atoms with van der Waals surface area (Å²) in [4.78, 5) is 17.7. The van der Waals surface area contributed by atoms with E-state index in [1.807, 2.05) is 45.0 Å². The van der Waals surface area contributed by atoms with Crippen LogP contribution in [0.25, 0.3) is 10.9 Å². The highest BCUT2D eigenvalue weighted by molar-refractivity contribution is 6.05. The Morgan fingerprint density at radius 2 is 2.19 bits per heavy atom. The summed E-state index contributed by atoms with van der Waals surface area (Å²) in [5.41, 5.74) is 0.761. The first kappa shape index (κ1) is 19.6. The predicted molar refractivity (Wildman–Crippen MR) is 108 cm³/mol. The van der Waals surface area contributed by atoms with Crippen molar-refractivity contribution >= 4 is 22.5 Å². The summed E-state index contributed by atoms with van der Waals surface area (Å²) >= 11 is 0. The van der Waals surface area contributed by atoms with Gasteiger partial charge in [0.1, 0.15) is 16.9 Å². The third-order valence-electron chi connectivity index (χ3n) is 5.13. The lowest BCUT2D eigenvalue weighted by atomic mass is 9.78. The molecule has 3 rings (SSSR count). The molecule has 1 saturated carbocycles. The molecule has 146 valence electrons. The van der Waals surface area contributed by atoms with Crippen LogP contribution < -0.4 is 10.1 Å². The minimum absolute atomic E-state index is 0.0561. The highest BCUT2D eigenvalue weighted by Gasteiger charge is 2.42. The highest BCUT2D eigenvalue weighted by Crippen LogP contribution is 2.37. The molecular weight excluding hydrogens is 340 g/mol. The van der Waals surface area contributed by atoms with Crippen LogP contribution in [0.15, 0.2) is 30.5 Å². The minimum Gasteiger partial charge on any atom is -0.489 e. The van der Waals surface area contributed by atoms with Gasteiger partial charge in [0, 0.05) is 18.2 Å². The Balaban J connectivity index is 1.92. The second kappa shape index (κ2) is 8.26. The minimum atomic E-state index is -0.742. The fourth-order valence-electron chi connectivity index (χ4n) is 4.02. The highest BCUT2D eigenvalue weighted by atomic mass is 16.5. The van der Waals surface area contributed by atoms with E-state index >= 15 is 0 Å². The molecule has 0 spiro atoms. The average Bonchev–Trinajstić information content (AvgIpc) is 2.63. The Morgan fingerprint density at radius 1 is 1.37 bits per heavy atom. The number of hydrogen-bond acceptors (Lipinski definition) is 4. The number of carbonyl (C=O) groups is 1. The van der Waals surface area contributed by atoms with Gasteiger partial charge in [-0.15, -0.1) is 0 Å². The predicted octanol–water partition coefficient (Wildman–Crippen LogP) is 4.95. The molecule has 5 nitrogen and oxygen atoms in total. The summed E-state index contributed by atoms with van der Waals surface area (Å²) in [5.74, 6) is 1.15. The van der Waals surface area contributed by atoms with Crippen LogP contribution in [0.1, 0.15) is 53.4 Å². The fraction of sp³-hybridized carbons (Fsp3) is 0.545. The lowest BCUT2D eigenvalue weighted by Gasteiger charge is -2.38. The molecule has 1 fully saturated rings. The second-order valence-electron chi connectivity index (χ2n) is 7.76. The molecule has 2 atom stereocenters. The zero-order valence-electron chi connectivity index (χ0n) is 16.7. The first-order valence-electron chi connectivity index (χ1n) is 9.95. The Morgan fingerprint density at radius 3 is 2.89 bits per heavy atom. The van der Waals surface area contributed by atoms with Gasteiger partial charge in [-0.1, -0.05) is 13.3 Å². The number of aromatic nitrogens is 1. The lowest BCUT2D eigenvalue weighted by molar-refractivity contribution is -0.147. The molecule has 0 saturated heterocycles. The largest absolute Gasteiger partial charge is 0.489 e. The van der Waals surface area contributed by atoms with Crippen LogP contribution in [0.2, 0.25) is 0 Å². The van der Waals surface area contributed by atoms with Gasteiger partial charge in [-0.05, 0) is 70.2 Å². The molecule has 1 aromatic heterocycles. The van der Waals surface area contributed by atoms with Gasteiger partial charge in [-0.2, -0.15) is 0 Å². The molecule has 1 aliphatic rings. The molecule has 0 bridgehead atoms. The van der Waals surface area contributed by atoms with Crippen LogP contribution >= 0.6 is 0 Å². The first-order chi connectivity index (χ1) is 12.9. The standard InChI is InChI=1S/C22H30N2O3/c1-5-26-22(12-6-8-16(4)14-22)21(25)24-18-10-11-19(27-15(2)3)20-17(18)9-7-13-23-20/h7,9-11,13,15-16H,5-6,8,12,14H2,1-4H3,(H,24,25)/t16-,22-/m0/s1. The summed E-state index contributed by atoms with van der Waals surface area (Å²) in [5, 5.41) is 4.00. The maximum atomic E-state index is 13.2. The first-order valence-corrected chi connectivity index (χ1v) is 9.95. The van der Waals surface area contributed by atoms with Gasteiger partial charge in [-0.25, -0.2) is 0 Å². The van der Waals surface area contributed by atoms with E-state index in [0.29, 0.717) is 12.5 Å². The van der Waals surface area contributed by atoms with Crippen molar-refractivity contribution in [3.63, 3.8) is 0 Å². The van der Waals surface area contributed by atoms with Gasteiger partial charge >= 0.3 is 0 Å². The third-order valence-corrected chi connectivity index (χ3v) is 5.13. The fourth-order valence-corrected chi connectivity index (χ4v) is 4.02. The van der Waals surface area contributed by atoms with Gasteiger partial charge in [0.2, 0.25) is 0 Å². The smallest absolute Gasteiger partial charge is 0.256 e. The van der Waals surface area contributed by atoms with Crippen LogP contribution in [0, 0.1) is 5.92 Å². The summed E-state index contributed by atoms with van der Waals surface area (Å²) in [6.45, 7) is 8.65. The normalized spacial score (nSPS) is 22.8. The topological polar surface area (TPSA) is 60.5 Å². The van der Waals surface area contributed by atoms with Crippen molar-refractivity contribution in [3.05, 3.63) is 30.5 Å². The number of nitrogens with zero attached hydrogens (tertiary/aromatic N) is 1. The van der Waals surface area contributed by atoms with E-state index in [1.54, 1.807) is 6.20 Å². The number of amides is 1. The zero-order valence-corrected chi connectivity index (χ0v) is 16.7. The third kappa shape index (κ3) is 4.24. The molecule has 0 aliphatic heterocycles. The summed E-state index contributed by atoms with van der Waals surface area (Å²) < 4.78 is 11.9. The molecule has 0 radical (unpaired) electrons. The summed E-state index contributed by atoms with van der Waals surface area (Å²) in [6.07, 6.45) is 5.49. The Kier molecular flexibility index (Phi) is 6.00. The van der Waals surface area contributed by atoms with E-state index in [-0.39, 0.29) is 12.0 Å². The second-order valence-corrected chi connectivity index (χ2v) is 7.76. The lowest BCUT2D eigenvalue weighted by Crippen LogP contribution is -2.48. The quantitative estimate of drug-likeness (QED) is 0.782. The van der Waals surface area contributed by atoms with Gasteiger partial charge in [-0.3, -0.25) is 9.78 Å². The number of anilines is 1. The van der Waals surface area contributed by atoms with Crippen LogP contribution in [0.3, 0.4) is 0 Å². The van der Waals surface area contributed by atoms with E-state index in [4.69, 9.17) is 9.47 Å². The Hall–Kier alpha value is -2.14. The number of carbonyl (C=O) groups excluding carboxylic acids is 1. The number of rotatable bonds is 6. The van der Waals surface area contributed by atoms with E-state index < -0.39 is 5.60 Å². The average molecular weight is 370 g/mol. The zero-order chi connectivity index (χ0) is 19.4. The van der Waals surface area contributed by atoms with Crippen LogP contribution in [-0.4, -0.2) is 29.2 Å². The van der Waals surface area contributed by atoms with Gasteiger partial charge in [0.05, 0.1) is 11.8 Å². The monoisotopic (exact) mass is 370 g/mol. The molecule has 27 heavy (non-hydrogen) atoms. The maximum absolute atomic E-state index is 13.2. The van der Waals surface area contributed by atoms with E-state index in [0.717, 1.165) is 48.0 Å². The van der Waals surface area contributed by atoms with Crippen molar-refractivity contribution in [3.8, 4) is 5.75 Å². The number of benzene rings is 1.